The summed E-state index contributed by atoms with van der Waals surface area (Å²) in [4.78, 5) is 33.3. The monoisotopic (exact) mass is 464 g/mol. The number of likely N-dealkylation sites (tertiary alicyclic amines) is 1. The van der Waals surface area contributed by atoms with E-state index >= 15 is 0 Å². The van der Waals surface area contributed by atoms with E-state index in [1.165, 1.54) is 6.92 Å². The Bertz CT molecular complexity index is 998. The summed E-state index contributed by atoms with van der Waals surface area (Å²) >= 11 is 0. The van der Waals surface area contributed by atoms with E-state index in [4.69, 9.17) is 0 Å². The molecule has 0 unspecified atom stereocenters. The number of rotatable bonds is 7. The SMILES string of the molecule is CCCC(=O)Nc1ccccc1Nc1nc(N[C@H]2CCCN(C(C)=O)C2)ncc1C(F)(F)F. The summed E-state index contributed by atoms with van der Waals surface area (Å²) in [5.74, 6) is -0.705. The summed E-state index contributed by atoms with van der Waals surface area (Å²) in [7, 11) is 0. The predicted molar refractivity (Wildman–Crippen MR) is 119 cm³/mol. The molecule has 178 valence electrons. The minimum absolute atomic E-state index is 0.0217. The Hall–Kier alpha value is -3.37. The van der Waals surface area contributed by atoms with Crippen molar-refractivity contribution in [3.8, 4) is 0 Å². The second kappa shape index (κ2) is 10.5. The first kappa shape index (κ1) is 24.3. The summed E-state index contributed by atoms with van der Waals surface area (Å²) in [5, 5.41) is 8.46. The van der Waals surface area contributed by atoms with Crippen LogP contribution in [0.25, 0.3) is 0 Å². The van der Waals surface area contributed by atoms with Gasteiger partial charge in [0.1, 0.15) is 11.4 Å². The van der Waals surface area contributed by atoms with E-state index < -0.39 is 17.6 Å². The highest BCUT2D eigenvalue weighted by Crippen LogP contribution is 2.36. The topological polar surface area (TPSA) is 99.2 Å². The molecular weight excluding hydrogens is 437 g/mol. The standard InChI is InChI=1S/C22H27F3N6O2/c1-3-7-19(33)28-17-9-4-5-10-18(17)29-20-16(22(23,24)25)12-26-21(30-20)27-15-8-6-11-31(13-15)14(2)32/h4-5,9-10,12,15H,3,6-8,11,13H2,1-2H3,(H,28,33)(H2,26,27,29,30)/t15-/m0/s1. The van der Waals surface area contributed by atoms with Crippen LogP contribution in [0.3, 0.4) is 0 Å². The normalized spacial score (nSPS) is 16.3. The third-order valence-corrected chi connectivity index (χ3v) is 5.23. The molecule has 11 heteroatoms. The number of aromatic nitrogens is 2. The molecule has 0 spiro atoms. The number of anilines is 4. The first-order valence-corrected chi connectivity index (χ1v) is 10.8. The van der Waals surface area contributed by atoms with Crippen LogP contribution in [0.4, 0.5) is 36.3 Å². The second-order valence-electron chi connectivity index (χ2n) is 7.87. The fourth-order valence-corrected chi connectivity index (χ4v) is 3.59. The van der Waals surface area contributed by atoms with Crippen molar-refractivity contribution in [2.24, 2.45) is 0 Å². The van der Waals surface area contributed by atoms with Crippen molar-refractivity contribution in [3.05, 3.63) is 36.0 Å². The summed E-state index contributed by atoms with van der Waals surface area (Å²) in [6.07, 6.45) is -1.51. The number of piperidine rings is 1. The molecule has 2 aromatic rings. The van der Waals surface area contributed by atoms with Crippen LogP contribution in [0, 0.1) is 0 Å². The molecule has 33 heavy (non-hydrogen) atoms. The zero-order valence-corrected chi connectivity index (χ0v) is 18.5. The van der Waals surface area contributed by atoms with Gasteiger partial charge in [0.05, 0.1) is 11.4 Å². The molecule has 0 radical (unpaired) electrons. The van der Waals surface area contributed by atoms with E-state index in [2.05, 4.69) is 25.9 Å². The van der Waals surface area contributed by atoms with Crippen LogP contribution in [0.15, 0.2) is 30.5 Å². The number of carbonyl (C=O) groups excluding carboxylic acids is 2. The fourth-order valence-electron chi connectivity index (χ4n) is 3.59. The van der Waals surface area contributed by atoms with E-state index in [0.29, 0.717) is 31.6 Å². The number of para-hydroxylation sites is 2. The van der Waals surface area contributed by atoms with Gasteiger partial charge in [0.15, 0.2) is 0 Å². The largest absolute Gasteiger partial charge is 0.421 e. The van der Waals surface area contributed by atoms with Gasteiger partial charge in [0.2, 0.25) is 17.8 Å². The van der Waals surface area contributed by atoms with Crippen LogP contribution >= 0.6 is 0 Å². The Morgan fingerprint density at radius 1 is 1.21 bits per heavy atom. The van der Waals surface area contributed by atoms with Crippen LogP contribution in [0.2, 0.25) is 0 Å². The number of amides is 2. The zero-order chi connectivity index (χ0) is 24.0. The van der Waals surface area contributed by atoms with Crippen LogP contribution in [0.1, 0.15) is 45.1 Å². The van der Waals surface area contributed by atoms with E-state index in [-0.39, 0.29) is 29.5 Å². The lowest BCUT2D eigenvalue weighted by atomic mass is 10.1. The summed E-state index contributed by atoms with van der Waals surface area (Å²) in [5.41, 5.74) is -0.407. The molecule has 3 rings (SSSR count). The lowest BCUT2D eigenvalue weighted by Gasteiger charge is -2.32. The van der Waals surface area contributed by atoms with Gasteiger partial charge in [0.25, 0.3) is 0 Å². The van der Waals surface area contributed by atoms with E-state index in [1.54, 1.807) is 29.2 Å². The first-order valence-electron chi connectivity index (χ1n) is 10.8. The maximum atomic E-state index is 13.6. The highest BCUT2D eigenvalue weighted by atomic mass is 19.4. The molecule has 1 aromatic carbocycles. The van der Waals surface area contributed by atoms with Crippen molar-refractivity contribution in [2.45, 2.75) is 51.7 Å². The van der Waals surface area contributed by atoms with Crippen molar-refractivity contribution in [1.29, 1.82) is 0 Å². The number of hydrogen-bond acceptors (Lipinski definition) is 6. The van der Waals surface area contributed by atoms with Gasteiger partial charge in [-0.05, 0) is 31.4 Å². The molecule has 0 bridgehead atoms. The molecule has 1 aliphatic heterocycles. The van der Waals surface area contributed by atoms with E-state index in [9.17, 15) is 22.8 Å². The summed E-state index contributed by atoms with van der Waals surface area (Å²) in [6, 6.07) is 6.30. The molecule has 1 saturated heterocycles. The molecule has 1 aromatic heterocycles. The van der Waals surface area contributed by atoms with Crippen LogP contribution in [-0.4, -0.2) is 45.8 Å². The minimum atomic E-state index is -4.68. The summed E-state index contributed by atoms with van der Waals surface area (Å²) < 4.78 is 40.9. The maximum Gasteiger partial charge on any atom is 0.421 e. The number of benzene rings is 1. The molecule has 1 atom stereocenters. The van der Waals surface area contributed by atoms with E-state index in [0.717, 1.165) is 19.0 Å². The molecule has 8 nitrogen and oxygen atoms in total. The summed E-state index contributed by atoms with van der Waals surface area (Å²) in [6.45, 7) is 4.41. The minimum Gasteiger partial charge on any atom is -0.350 e. The van der Waals surface area contributed by atoms with Crippen molar-refractivity contribution < 1.29 is 22.8 Å². The van der Waals surface area contributed by atoms with Gasteiger partial charge in [-0.2, -0.15) is 18.2 Å². The third kappa shape index (κ3) is 6.56. The van der Waals surface area contributed by atoms with Crippen LogP contribution in [-0.2, 0) is 15.8 Å². The van der Waals surface area contributed by atoms with Gasteiger partial charge < -0.3 is 20.9 Å². The van der Waals surface area contributed by atoms with Crippen molar-refractivity contribution in [3.63, 3.8) is 0 Å². The molecule has 3 N–H and O–H groups in total. The molecule has 1 fully saturated rings. The molecule has 2 heterocycles. The Morgan fingerprint density at radius 2 is 1.94 bits per heavy atom. The molecule has 1 aliphatic rings. The Labute approximate surface area is 190 Å². The van der Waals surface area contributed by atoms with Gasteiger partial charge >= 0.3 is 6.18 Å². The number of alkyl halides is 3. The molecule has 0 aliphatic carbocycles. The number of nitrogens with one attached hydrogen (secondary N) is 3. The van der Waals surface area contributed by atoms with Crippen LogP contribution < -0.4 is 16.0 Å². The van der Waals surface area contributed by atoms with Gasteiger partial charge in [-0.1, -0.05) is 19.1 Å². The smallest absolute Gasteiger partial charge is 0.350 e. The highest BCUT2D eigenvalue weighted by Gasteiger charge is 2.36. The number of hydrogen-bond donors (Lipinski definition) is 3. The van der Waals surface area contributed by atoms with Gasteiger partial charge in [0, 0.05) is 38.7 Å². The average Bonchev–Trinajstić information content (AvgIpc) is 2.75. The molecule has 0 saturated carbocycles. The molecular formula is C22H27F3N6O2. The van der Waals surface area contributed by atoms with Crippen molar-refractivity contribution in [2.75, 3.05) is 29.0 Å². The Balaban J connectivity index is 1.86. The number of halogens is 3. The lowest BCUT2D eigenvalue weighted by Crippen LogP contribution is -2.44. The quantitative estimate of drug-likeness (QED) is 0.562. The lowest BCUT2D eigenvalue weighted by molar-refractivity contribution is -0.137. The Kier molecular flexibility index (Phi) is 7.72. The predicted octanol–water partition coefficient (Wildman–Crippen LogP) is 4.40. The average molecular weight is 464 g/mol. The Morgan fingerprint density at radius 3 is 2.61 bits per heavy atom. The van der Waals surface area contributed by atoms with Gasteiger partial charge in [-0.3, -0.25) is 9.59 Å². The van der Waals surface area contributed by atoms with E-state index in [1.807, 2.05) is 6.92 Å². The van der Waals surface area contributed by atoms with Gasteiger partial charge in [-0.25, -0.2) is 4.98 Å². The zero-order valence-electron chi connectivity index (χ0n) is 18.5. The fraction of sp³-hybridized carbons (Fsp3) is 0.455. The number of carbonyl (C=O) groups is 2. The first-order chi connectivity index (χ1) is 15.7. The highest BCUT2D eigenvalue weighted by molar-refractivity contribution is 5.94. The van der Waals surface area contributed by atoms with Crippen molar-refractivity contribution in [1.82, 2.24) is 14.9 Å². The maximum absolute atomic E-state index is 13.6. The number of nitrogens with zero attached hydrogens (tertiary/aromatic N) is 3. The van der Waals surface area contributed by atoms with Gasteiger partial charge in [-0.15, -0.1) is 0 Å². The molecule has 2 amide bonds. The van der Waals surface area contributed by atoms with Crippen LogP contribution in [0.5, 0.6) is 0 Å². The second-order valence-corrected chi connectivity index (χ2v) is 7.87. The van der Waals surface area contributed by atoms with Crippen molar-refractivity contribution >= 4 is 35.0 Å². The third-order valence-electron chi connectivity index (χ3n) is 5.23.